The summed E-state index contributed by atoms with van der Waals surface area (Å²) in [5.41, 5.74) is 0.613. The summed E-state index contributed by atoms with van der Waals surface area (Å²) in [6, 6.07) is 7.13. The van der Waals surface area contributed by atoms with Gasteiger partial charge in [0.2, 0.25) is 0 Å². The summed E-state index contributed by atoms with van der Waals surface area (Å²) >= 11 is 11.6. The van der Waals surface area contributed by atoms with E-state index < -0.39 is 0 Å². The average molecular weight is 201 g/mol. The molecule has 0 heterocycles. The lowest BCUT2D eigenvalue weighted by atomic mass is 10.3. The van der Waals surface area contributed by atoms with Crippen molar-refractivity contribution in [2.24, 2.45) is 0 Å². The van der Waals surface area contributed by atoms with E-state index >= 15 is 0 Å². The Balaban J connectivity index is 2.90. The van der Waals surface area contributed by atoms with Gasteiger partial charge in [0, 0.05) is 0 Å². The van der Waals surface area contributed by atoms with Crippen molar-refractivity contribution in [1.82, 2.24) is 0 Å². The number of nitrogens with zero attached hydrogens (tertiary/aromatic N) is 1. The Labute approximate surface area is 80.7 Å². The smallest absolute Gasteiger partial charge is 0.103 e. The zero-order chi connectivity index (χ0) is 8.97. The second-order valence-corrected chi connectivity index (χ2v) is 2.92. The lowest BCUT2D eigenvalue weighted by Gasteiger charge is -2.05. The molecule has 0 saturated heterocycles. The Hall–Kier alpha value is -0.910. The van der Waals surface area contributed by atoms with E-state index in [1.807, 2.05) is 6.07 Å². The molecule has 1 N–H and O–H groups in total. The molecular formula is C8H6Cl2N2. The van der Waals surface area contributed by atoms with Gasteiger partial charge in [-0.2, -0.15) is 5.26 Å². The van der Waals surface area contributed by atoms with E-state index in [9.17, 15) is 0 Å². The Morgan fingerprint density at radius 3 is 2.42 bits per heavy atom. The standard InChI is InChI=1S/C8H6Cl2N2/c9-6-2-1-3-7(10)8(6)12-5-4-11/h1-3,12H,5H2. The molecule has 0 radical (unpaired) electrons. The number of nitriles is 1. The van der Waals surface area contributed by atoms with Gasteiger partial charge in [0.05, 0.1) is 21.8 Å². The quantitative estimate of drug-likeness (QED) is 0.746. The number of rotatable bonds is 2. The van der Waals surface area contributed by atoms with Crippen LogP contribution < -0.4 is 5.32 Å². The van der Waals surface area contributed by atoms with Crippen LogP contribution in [0.1, 0.15) is 0 Å². The maximum absolute atomic E-state index is 8.31. The summed E-state index contributed by atoms with van der Waals surface area (Å²) in [5.74, 6) is 0. The predicted octanol–water partition coefficient (Wildman–Crippen LogP) is 2.93. The van der Waals surface area contributed by atoms with Gasteiger partial charge in [-0.15, -0.1) is 0 Å². The van der Waals surface area contributed by atoms with Gasteiger partial charge < -0.3 is 5.32 Å². The van der Waals surface area contributed by atoms with Crippen LogP contribution in [0.4, 0.5) is 5.69 Å². The Morgan fingerprint density at radius 1 is 1.33 bits per heavy atom. The third-order valence-corrected chi connectivity index (χ3v) is 1.94. The first-order chi connectivity index (χ1) is 5.75. The molecule has 0 bridgehead atoms. The molecule has 1 rings (SSSR count). The molecule has 2 nitrogen and oxygen atoms in total. The van der Waals surface area contributed by atoms with Crippen molar-refractivity contribution in [2.45, 2.75) is 0 Å². The number of hydrogen-bond donors (Lipinski definition) is 1. The molecule has 4 heteroatoms. The maximum atomic E-state index is 8.31. The van der Waals surface area contributed by atoms with E-state index in [-0.39, 0.29) is 6.54 Å². The third kappa shape index (κ3) is 2.04. The van der Waals surface area contributed by atoms with Crippen LogP contribution in [0.2, 0.25) is 10.0 Å². The fraction of sp³-hybridized carbons (Fsp3) is 0.125. The Morgan fingerprint density at radius 2 is 1.92 bits per heavy atom. The second kappa shape index (κ2) is 4.20. The molecule has 0 aliphatic rings. The van der Waals surface area contributed by atoms with Crippen LogP contribution in [0.25, 0.3) is 0 Å². The molecule has 0 aliphatic carbocycles. The molecule has 0 fully saturated rings. The maximum Gasteiger partial charge on any atom is 0.103 e. The van der Waals surface area contributed by atoms with Crippen LogP contribution in [0, 0.1) is 11.3 Å². The molecule has 0 aromatic heterocycles. The van der Waals surface area contributed by atoms with E-state index in [0.717, 1.165) is 0 Å². The van der Waals surface area contributed by atoms with Crippen LogP contribution in [-0.2, 0) is 0 Å². The van der Waals surface area contributed by atoms with Gasteiger partial charge >= 0.3 is 0 Å². The minimum atomic E-state index is 0.198. The van der Waals surface area contributed by atoms with Gasteiger partial charge in [0.15, 0.2) is 0 Å². The fourth-order valence-corrected chi connectivity index (χ4v) is 1.33. The van der Waals surface area contributed by atoms with Gasteiger partial charge in [-0.25, -0.2) is 0 Å². The van der Waals surface area contributed by atoms with Crippen LogP contribution in [-0.4, -0.2) is 6.54 Å². The van der Waals surface area contributed by atoms with E-state index in [1.165, 1.54) is 0 Å². The first-order valence-electron chi connectivity index (χ1n) is 3.30. The molecule has 1 aromatic carbocycles. The predicted molar refractivity (Wildman–Crippen MR) is 50.6 cm³/mol. The molecule has 62 valence electrons. The van der Waals surface area contributed by atoms with E-state index in [2.05, 4.69) is 5.32 Å². The van der Waals surface area contributed by atoms with Gasteiger partial charge in [0.1, 0.15) is 6.54 Å². The first-order valence-corrected chi connectivity index (χ1v) is 4.06. The number of hydrogen-bond acceptors (Lipinski definition) is 2. The van der Waals surface area contributed by atoms with Gasteiger partial charge in [-0.05, 0) is 12.1 Å². The van der Waals surface area contributed by atoms with Crippen LogP contribution in [0.3, 0.4) is 0 Å². The monoisotopic (exact) mass is 200 g/mol. The molecule has 0 saturated carbocycles. The van der Waals surface area contributed by atoms with Crippen LogP contribution in [0.15, 0.2) is 18.2 Å². The molecule has 0 unspecified atom stereocenters. The SMILES string of the molecule is N#CCNc1c(Cl)cccc1Cl. The summed E-state index contributed by atoms with van der Waals surface area (Å²) in [6.07, 6.45) is 0. The number of benzene rings is 1. The highest BCUT2D eigenvalue weighted by Crippen LogP contribution is 2.29. The van der Waals surface area contributed by atoms with Crippen molar-refractivity contribution in [3.8, 4) is 6.07 Å². The van der Waals surface area contributed by atoms with Gasteiger partial charge in [0.25, 0.3) is 0 Å². The largest absolute Gasteiger partial charge is 0.370 e. The highest BCUT2D eigenvalue weighted by molar-refractivity contribution is 6.39. The van der Waals surface area contributed by atoms with Gasteiger partial charge in [-0.3, -0.25) is 0 Å². The lowest BCUT2D eigenvalue weighted by molar-refractivity contribution is 1.32. The van der Waals surface area contributed by atoms with E-state index in [4.69, 9.17) is 28.5 Å². The number of nitrogens with one attached hydrogen (secondary N) is 1. The highest BCUT2D eigenvalue weighted by Gasteiger charge is 2.02. The van der Waals surface area contributed by atoms with Crippen LogP contribution in [0.5, 0.6) is 0 Å². The molecule has 0 atom stereocenters. The average Bonchev–Trinajstić information content (AvgIpc) is 2.04. The summed E-state index contributed by atoms with van der Waals surface area (Å²) < 4.78 is 0. The van der Waals surface area contributed by atoms with Gasteiger partial charge in [-0.1, -0.05) is 29.3 Å². The Kier molecular flexibility index (Phi) is 3.21. The molecule has 0 aliphatic heterocycles. The van der Waals surface area contributed by atoms with E-state index in [1.54, 1.807) is 18.2 Å². The normalized spacial score (nSPS) is 9.08. The van der Waals surface area contributed by atoms with Crippen molar-refractivity contribution >= 4 is 28.9 Å². The Bertz CT molecular complexity index is 297. The topological polar surface area (TPSA) is 35.8 Å². The zero-order valence-electron chi connectivity index (χ0n) is 6.14. The van der Waals surface area contributed by atoms with Crippen molar-refractivity contribution in [3.05, 3.63) is 28.2 Å². The second-order valence-electron chi connectivity index (χ2n) is 2.11. The molecule has 1 aromatic rings. The van der Waals surface area contributed by atoms with Crippen molar-refractivity contribution in [1.29, 1.82) is 5.26 Å². The molecule has 12 heavy (non-hydrogen) atoms. The summed E-state index contributed by atoms with van der Waals surface area (Å²) in [4.78, 5) is 0. The molecular weight excluding hydrogens is 195 g/mol. The zero-order valence-corrected chi connectivity index (χ0v) is 7.65. The molecule has 0 amide bonds. The molecule has 0 spiro atoms. The van der Waals surface area contributed by atoms with Crippen molar-refractivity contribution in [2.75, 3.05) is 11.9 Å². The lowest BCUT2D eigenvalue weighted by Crippen LogP contribution is -1.99. The van der Waals surface area contributed by atoms with Crippen molar-refractivity contribution < 1.29 is 0 Å². The van der Waals surface area contributed by atoms with E-state index in [0.29, 0.717) is 15.7 Å². The minimum Gasteiger partial charge on any atom is -0.370 e. The summed E-state index contributed by atoms with van der Waals surface area (Å²) in [7, 11) is 0. The first kappa shape index (κ1) is 9.18. The number of anilines is 1. The minimum absolute atomic E-state index is 0.198. The summed E-state index contributed by atoms with van der Waals surface area (Å²) in [5, 5.41) is 12.2. The van der Waals surface area contributed by atoms with Crippen molar-refractivity contribution in [3.63, 3.8) is 0 Å². The number of para-hydroxylation sites is 1. The highest BCUT2D eigenvalue weighted by atomic mass is 35.5. The summed E-state index contributed by atoms with van der Waals surface area (Å²) in [6.45, 7) is 0.198. The van der Waals surface area contributed by atoms with Crippen LogP contribution >= 0.6 is 23.2 Å². The fourth-order valence-electron chi connectivity index (χ4n) is 0.795. The number of halogens is 2. The third-order valence-electron chi connectivity index (χ3n) is 1.31.